The van der Waals surface area contributed by atoms with Crippen LogP contribution in [0.25, 0.3) is 0 Å². The first-order chi connectivity index (χ1) is 10.7. The molecule has 5 nitrogen and oxygen atoms in total. The number of anilines is 1. The van der Waals surface area contributed by atoms with Crippen molar-refractivity contribution in [1.29, 1.82) is 0 Å². The Labute approximate surface area is 132 Å². The zero-order valence-electron chi connectivity index (χ0n) is 13.0. The van der Waals surface area contributed by atoms with Crippen LogP contribution in [0.4, 0.5) is 5.69 Å². The lowest BCUT2D eigenvalue weighted by Gasteiger charge is -2.37. The van der Waals surface area contributed by atoms with Crippen molar-refractivity contribution in [2.75, 3.05) is 50.7 Å². The van der Waals surface area contributed by atoms with Crippen LogP contribution in [-0.4, -0.2) is 72.7 Å². The van der Waals surface area contributed by atoms with Crippen LogP contribution in [0.2, 0.25) is 0 Å². The molecule has 1 N–H and O–H groups in total. The average molecular weight is 303 g/mol. The number of para-hydroxylation sites is 1. The molecule has 5 heteroatoms. The van der Waals surface area contributed by atoms with Gasteiger partial charge in [-0.1, -0.05) is 18.2 Å². The number of likely N-dealkylation sites (tertiary alicyclic amines) is 1. The van der Waals surface area contributed by atoms with Crippen LogP contribution >= 0.6 is 0 Å². The van der Waals surface area contributed by atoms with Crippen molar-refractivity contribution in [3.05, 3.63) is 30.3 Å². The third-order valence-corrected chi connectivity index (χ3v) is 4.59. The summed E-state index contributed by atoms with van der Waals surface area (Å²) in [6, 6.07) is 10.4. The summed E-state index contributed by atoms with van der Waals surface area (Å²) in [5, 5.41) is 9.69. The van der Waals surface area contributed by atoms with Crippen LogP contribution in [0.1, 0.15) is 12.8 Å². The molecule has 2 fully saturated rings. The summed E-state index contributed by atoms with van der Waals surface area (Å²) >= 11 is 0. The first kappa shape index (κ1) is 15.3. The fourth-order valence-electron chi connectivity index (χ4n) is 3.32. The van der Waals surface area contributed by atoms with Crippen molar-refractivity contribution in [2.24, 2.45) is 0 Å². The molecule has 2 heterocycles. The number of benzene rings is 1. The van der Waals surface area contributed by atoms with E-state index in [4.69, 9.17) is 0 Å². The zero-order chi connectivity index (χ0) is 15.4. The van der Waals surface area contributed by atoms with E-state index in [1.807, 2.05) is 11.0 Å². The summed E-state index contributed by atoms with van der Waals surface area (Å²) in [6.07, 6.45) is 1.58. The van der Waals surface area contributed by atoms with Gasteiger partial charge in [-0.25, -0.2) is 0 Å². The third kappa shape index (κ3) is 3.78. The van der Waals surface area contributed by atoms with Crippen LogP contribution in [0.15, 0.2) is 30.3 Å². The number of piperazine rings is 1. The maximum atomic E-state index is 12.4. The molecule has 0 saturated carbocycles. The van der Waals surface area contributed by atoms with E-state index in [1.54, 1.807) is 0 Å². The second-order valence-corrected chi connectivity index (χ2v) is 6.23. The van der Waals surface area contributed by atoms with Gasteiger partial charge in [-0.3, -0.25) is 9.69 Å². The lowest BCUT2D eigenvalue weighted by Crippen LogP contribution is -2.52. The largest absolute Gasteiger partial charge is 0.392 e. The maximum Gasteiger partial charge on any atom is 0.236 e. The van der Waals surface area contributed by atoms with Crippen LogP contribution in [0.3, 0.4) is 0 Å². The van der Waals surface area contributed by atoms with Gasteiger partial charge in [-0.2, -0.15) is 0 Å². The van der Waals surface area contributed by atoms with E-state index in [0.29, 0.717) is 13.1 Å². The summed E-state index contributed by atoms with van der Waals surface area (Å²) < 4.78 is 0. The monoisotopic (exact) mass is 303 g/mol. The SMILES string of the molecule is O=C(CN1CCC[C@H](O)C1)N1CCN(c2ccccc2)CC1. The van der Waals surface area contributed by atoms with Crippen molar-refractivity contribution < 1.29 is 9.90 Å². The number of amides is 1. The number of carbonyl (C=O) groups excluding carboxylic acids is 1. The highest BCUT2D eigenvalue weighted by Gasteiger charge is 2.25. The molecule has 2 aliphatic rings. The minimum absolute atomic E-state index is 0.196. The Balaban J connectivity index is 1.47. The predicted octanol–water partition coefficient (Wildman–Crippen LogP) is 0.792. The molecule has 0 aliphatic carbocycles. The highest BCUT2D eigenvalue weighted by molar-refractivity contribution is 5.78. The lowest BCUT2D eigenvalue weighted by atomic mass is 10.1. The van der Waals surface area contributed by atoms with Gasteiger partial charge in [-0.05, 0) is 31.5 Å². The predicted molar refractivity (Wildman–Crippen MR) is 86.9 cm³/mol. The zero-order valence-corrected chi connectivity index (χ0v) is 13.0. The first-order valence-corrected chi connectivity index (χ1v) is 8.20. The maximum absolute atomic E-state index is 12.4. The molecule has 1 amide bonds. The fraction of sp³-hybridized carbons (Fsp3) is 0.588. The van der Waals surface area contributed by atoms with E-state index in [0.717, 1.165) is 45.6 Å². The standard InChI is InChI=1S/C17H25N3O2/c21-16-7-4-8-18(13-16)14-17(22)20-11-9-19(10-12-20)15-5-2-1-3-6-15/h1-3,5-6,16,21H,4,7-14H2/t16-/m0/s1. The molecule has 2 aliphatic heterocycles. The molecule has 0 aromatic heterocycles. The van der Waals surface area contributed by atoms with Crippen molar-refractivity contribution in [1.82, 2.24) is 9.80 Å². The minimum Gasteiger partial charge on any atom is -0.392 e. The van der Waals surface area contributed by atoms with Crippen LogP contribution in [0.5, 0.6) is 0 Å². The van der Waals surface area contributed by atoms with Crippen molar-refractivity contribution >= 4 is 11.6 Å². The van der Waals surface area contributed by atoms with Gasteiger partial charge in [-0.15, -0.1) is 0 Å². The molecule has 0 unspecified atom stereocenters. The summed E-state index contributed by atoms with van der Waals surface area (Å²) in [7, 11) is 0. The van der Waals surface area contributed by atoms with Crippen molar-refractivity contribution in [3.8, 4) is 0 Å². The van der Waals surface area contributed by atoms with Crippen LogP contribution in [0, 0.1) is 0 Å². The Morgan fingerprint density at radius 3 is 2.50 bits per heavy atom. The van der Waals surface area contributed by atoms with Gasteiger partial charge in [0.05, 0.1) is 12.6 Å². The molecular weight excluding hydrogens is 278 g/mol. The quantitative estimate of drug-likeness (QED) is 0.897. The van der Waals surface area contributed by atoms with E-state index in [-0.39, 0.29) is 12.0 Å². The fourth-order valence-corrected chi connectivity index (χ4v) is 3.32. The molecule has 22 heavy (non-hydrogen) atoms. The van der Waals surface area contributed by atoms with Gasteiger partial charge in [0, 0.05) is 38.4 Å². The molecule has 1 aromatic carbocycles. The van der Waals surface area contributed by atoms with E-state index in [9.17, 15) is 9.90 Å². The summed E-state index contributed by atoms with van der Waals surface area (Å²) in [4.78, 5) is 18.8. The number of nitrogens with zero attached hydrogens (tertiary/aromatic N) is 3. The Morgan fingerprint density at radius 2 is 1.82 bits per heavy atom. The Kier molecular flexibility index (Phi) is 4.95. The summed E-state index contributed by atoms with van der Waals surface area (Å²) in [5.74, 6) is 0.196. The minimum atomic E-state index is -0.267. The molecule has 1 aromatic rings. The topological polar surface area (TPSA) is 47.0 Å². The van der Waals surface area contributed by atoms with E-state index >= 15 is 0 Å². The second kappa shape index (κ2) is 7.11. The lowest BCUT2D eigenvalue weighted by molar-refractivity contribution is -0.133. The van der Waals surface area contributed by atoms with Gasteiger partial charge in [0.2, 0.25) is 5.91 Å². The third-order valence-electron chi connectivity index (χ3n) is 4.59. The van der Waals surface area contributed by atoms with Gasteiger partial charge in [0.15, 0.2) is 0 Å². The number of aliphatic hydroxyl groups excluding tert-OH is 1. The highest BCUT2D eigenvalue weighted by atomic mass is 16.3. The number of hydrogen-bond donors (Lipinski definition) is 1. The number of hydrogen-bond acceptors (Lipinski definition) is 4. The normalized spacial score (nSPS) is 23.6. The molecule has 3 rings (SSSR count). The summed E-state index contributed by atoms with van der Waals surface area (Å²) in [5.41, 5.74) is 1.23. The number of carbonyl (C=O) groups is 1. The molecular formula is C17H25N3O2. The molecule has 1 atom stereocenters. The molecule has 0 spiro atoms. The molecule has 0 radical (unpaired) electrons. The highest BCUT2D eigenvalue weighted by Crippen LogP contribution is 2.16. The average Bonchev–Trinajstić information content (AvgIpc) is 2.56. The van der Waals surface area contributed by atoms with E-state index < -0.39 is 0 Å². The van der Waals surface area contributed by atoms with Crippen molar-refractivity contribution in [3.63, 3.8) is 0 Å². The molecule has 0 bridgehead atoms. The van der Waals surface area contributed by atoms with Crippen molar-refractivity contribution in [2.45, 2.75) is 18.9 Å². The second-order valence-electron chi connectivity index (χ2n) is 6.23. The van der Waals surface area contributed by atoms with Crippen LogP contribution < -0.4 is 4.90 Å². The van der Waals surface area contributed by atoms with E-state index in [2.05, 4.69) is 34.1 Å². The number of β-amino-alcohol motifs (C(OH)–C–C–N with tert-alkyl or cyclic N) is 1. The summed E-state index contributed by atoms with van der Waals surface area (Å²) in [6.45, 7) is 5.34. The van der Waals surface area contributed by atoms with Gasteiger partial charge in [0.25, 0.3) is 0 Å². The Morgan fingerprint density at radius 1 is 1.09 bits per heavy atom. The molecule has 120 valence electrons. The van der Waals surface area contributed by atoms with Gasteiger partial charge >= 0.3 is 0 Å². The Hall–Kier alpha value is -1.59. The van der Waals surface area contributed by atoms with Gasteiger partial charge < -0.3 is 14.9 Å². The Bertz CT molecular complexity index is 486. The van der Waals surface area contributed by atoms with E-state index in [1.165, 1.54) is 5.69 Å². The number of rotatable bonds is 3. The van der Waals surface area contributed by atoms with Gasteiger partial charge in [0.1, 0.15) is 0 Å². The number of aliphatic hydroxyl groups is 1. The first-order valence-electron chi connectivity index (χ1n) is 8.20. The van der Waals surface area contributed by atoms with Crippen LogP contribution in [-0.2, 0) is 4.79 Å². The smallest absolute Gasteiger partial charge is 0.236 e. The molecule has 2 saturated heterocycles. The number of piperidine rings is 1.